The van der Waals surface area contributed by atoms with Crippen LogP contribution in [-0.4, -0.2) is 28.7 Å². The van der Waals surface area contributed by atoms with Gasteiger partial charge in [0.05, 0.1) is 11.1 Å². The van der Waals surface area contributed by atoms with Crippen LogP contribution in [0.5, 0.6) is 5.75 Å². The number of imide groups is 1. The normalized spacial score (nSPS) is 13.9. The molecule has 0 saturated carbocycles. The Balaban J connectivity index is 1.70. The van der Waals surface area contributed by atoms with E-state index >= 15 is 0 Å². The van der Waals surface area contributed by atoms with E-state index in [1.807, 2.05) is 50.2 Å². The number of hydrogen-bond acceptors (Lipinski definition) is 4. The number of nitrogens with zero attached hydrogens (tertiary/aromatic N) is 1. The number of esters is 1. The molecule has 0 aromatic heterocycles. The van der Waals surface area contributed by atoms with E-state index in [0.717, 1.165) is 21.6 Å². The van der Waals surface area contributed by atoms with Gasteiger partial charge in [-0.15, -0.1) is 0 Å². The van der Waals surface area contributed by atoms with E-state index in [0.29, 0.717) is 16.9 Å². The van der Waals surface area contributed by atoms with Gasteiger partial charge in [0, 0.05) is 6.42 Å². The topological polar surface area (TPSA) is 63.7 Å². The first-order valence-corrected chi connectivity index (χ1v) is 9.76. The van der Waals surface area contributed by atoms with Crippen molar-refractivity contribution in [2.75, 3.05) is 0 Å². The van der Waals surface area contributed by atoms with Crippen molar-refractivity contribution in [2.24, 2.45) is 0 Å². The fourth-order valence-electron chi connectivity index (χ4n) is 3.62. The van der Waals surface area contributed by atoms with E-state index in [4.69, 9.17) is 4.74 Å². The molecule has 1 atom stereocenters. The minimum atomic E-state index is -1.07. The minimum absolute atomic E-state index is 0.177. The molecule has 30 heavy (non-hydrogen) atoms. The van der Waals surface area contributed by atoms with Crippen LogP contribution in [0.25, 0.3) is 0 Å². The van der Waals surface area contributed by atoms with Gasteiger partial charge in [-0.25, -0.2) is 4.79 Å². The summed E-state index contributed by atoms with van der Waals surface area (Å²) in [5, 5.41) is 0. The van der Waals surface area contributed by atoms with Crippen LogP contribution in [0, 0.1) is 13.8 Å². The van der Waals surface area contributed by atoms with Crippen LogP contribution >= 0.6 is 0 Å². The third kappa shape index (κ3) is 3.50. The van der Waals surface area contributed by atoms with Crippen LogP contribution in [0.3, 0.4) is 0 Å². The second-order valence-electron chi connectivity index (χ2n) is 7.35. The van der Waals surface area contributed by atoms with Crippen molar-refractivity contribution in [3.8, 4) is 5.75 Å². The average Bonchev–Trinajstić information content (AvgIpc) is 3.01. The van der Waals surface area contributed by atoms with Gasteiger partial charge in [0.2, 0.25) is 0 Å². The van der Waals surface area contributed by atoms with E-state index in [2.05, 4.69) is 0 Å². The van der Waals surface area contributed by atoms with Crippen molar-refractivity contribution in [3.05, 3.63) is 101 Å². The van der Waals surface area contributed by atoms with Gasteiger partial charge in [-0.1, -0.05) is 54.6 Å². The van der Waals surface area contributed by atoms with Gasteiger partial charge in [-0.05, 0) is 48.7 Å². The summed E-state index contributed by atoms with van der Waals surface area (Å²) >= 11 is 0. The smallest absolute Gasteiger partial charge is 0.335 e. The molecular weight excluding hydrogens is 378 g/mol. The average molecular weight is 399 g/mol. The summed E-state index contributed by atoms with van der Waals surface area (Å²) in [4.78, 5) is 40.3. The van der Waals surface area contributed by atoms with Crippen molar-refractivity contribution in [3.63, 3.8) is 0 Å². The maximum Gasteiger partial charge on any atom is 0.335 e. The molecule has 5 nitrogen and oxygen atoms in total. The van der Waals surface area contributed by atoms with E-state index < -0.39 is 23.8 Å². The molecule has 1 unspecified atom stereocenters. The number of benzene rings is 3. The third-order valence-corrected chi connectivity index (χ3v) is 5.45. The van der Waals surface area contributed by atoms with E-state index in [9.17, 15) is 14.4 Å². The van der Waals surface area contributed by atoms with Crippen LogP contribution in [0.2, 0.25) is 0 Å². The highest BCUT2D eigenvalue weighted by Gasteiger charge is 2.43. The van der Waals surface area contributed by atoms with Gasteiger partial charge >= 0.3 is 5.97 Å². The summed E-state index contributed by atoms with van der Waals surface area (Å²) in [6.07, 6.45) is 0.177. The lowest BCUT2D eigenvalue weighted by Gasteiger charge is -2.25. The molecule has 0 N–H and O–H groups in total. The second-order valence-corrected chi connectivity index (χ2v) is 7.35. The molecule has 1 aliphatic heterocycles. The van der Waals surface area contributed by atoms with Crippen molar-refractivity contribution < 1.29 is 19.1 Å². The largest absolute Gasteiger partial charge is 0.425 e. The maximum atomic E-state index is 13.2. The second kappa shape index (κ2) is 7.95. The van der Waals surface area contributed by atoms with Crippen molar-refractivity contribution >= 4 is 17.8 Å². The fourth-order valence-corrected chi connectivity index (χ4v) is 3.62. The number of ether oxygens (including phenoxy) is 1. The maximum absolute atomic E-state index is 13.2. The minimum Gasteiger partial charge on any atom is -0.425 e. The Kier molecular flexibility index (Phi) is 5.19. The Hall–Kier alpha value is -3.73. The molecule has 0 aliphatic carbocycles. The van der Waals surface area contributed by atoms with Crippen molar-refractivity contribution in [1.29, 1.82) is 0 Å². The molecule has 0 bridgehead atoms. The summed E-state index contributed by atoms with van der Waals surface area (Å²) in [7, 11) is 0. The van der Waals surface area contributed by atoms with Gasteiger partial charge in [0.25, 0.3) is 11.8 Å². The highest BCUT2D eigenvalue weighted by molar-refractivity contribution is 6.22. The first-order chi connectivity index (χ1) is 14.5. The Morgan fingerprint density at radius 1 is 0.833 bits per heavy atom. The van der Waals surface area contributed by atoms with Gasteiger partial charge < -0.3 is 4.74 Å². The van der Waals surface area contributed by atoms with E-state index in [1.54, 1.807) is 36.4 Å². The zero-order chi connectivity index (χ0) is 21.3. The molecule has 1 heterocycles. The molecule has 3 aromatic rings. The lowest BCUT2D eigenvalue weighted by atomic mass is 10.0. The van der Waals surface area contributed by atoms with Crippen molar-refractivity contribution in [1.82, 2.24) is 4.90 Å². The van der Waals surface area contributed by atoms with Crippen LogP contribution < -0.4 is 4.74 Å². The van der Waals surface area contributed by atoms with Crippen molar-refractivity contribution in [2.45, 2.75) is 26.3 Å². The summed E-state index contributed by atoms with van der Waals surface area (Å²) in [6.45, 7) is 3.80. The molecule has 150 valence electrons. The summed E-state index contributed by atoms with van der Waals surface area (Å²) in [6, 6.07) is 20.3. The lowest BCUT2D eigenvalue weighted by molar-refractivity contribution is -0.138. The molecule has 3 aromatic carbocycles. The van der Waals surface area contributed by atoms with Crippen LogP contribution in [0.15, 0.2) is 72.8 Å². The standard InChI is InChI=1S/C25H21NO4/c1-16-9-8-14-22(17(16)2)30-25(29)21(15-18-10-4-3-5-11-18)26-23(27)19-12-6-7-13-20(19)24(26)28/h3-14,21H,15H2,1-2H3. The summed E-state index contributed by atoms with van der Waals surface area (Å²) in [5.41, 5.74) is 3.27. The number of amides is 2. The van der Waals surface area contributed by atoms with Gasteiger partial charge in [0.1, 0.15) is 11.8 Å². The zero-order valence-corrected chi connectivity index (χ0v) is 16.8. The number of aryl methyl sites for hydroxylation is 1. The molecule has 5 heteroatoms. The van der Waals surface area contributed by atoms with E-state index in [-0.39, 0.29) is 6.42 Å². The van der Waals surface area contributed by atoms with Crippen LogP contribution in [0.1, 0.15) is 37.4 Å². The molecule has 0 spiro atoms. The molecule has 2 amide bonds. The number of fused-ring (bicyclic) bond motifs is 1. The third-order valence-electron chi connectivity index (χ3n) is 5.45. The van der Waals surface area contributed by atoms with Gasteiger partial charge in [-0.2, -0.15) is 0 Å². The molecule has 0 radical (unpaired) electrons. The van der Waals surface area contributed by atoms with Crippen LogP contribution in [0.4, 0.5) is 0 Å². The molecule has 0 fully saturated rings. The predicted molar refractivity (Wildman–Crippen MR) is 112 cm³/mol. The number of hydrogen-bond donors (Lipinski definition) is 0. The highest BCUT2D eigenvalue weighted by Crippen LogP contribution is 2.28. The molecule has 1 aliphatic rings. The lowest BCUT2D eigenvalue weighted by Crippen LogP contribution is -2.48. The molecule has 0 saturated heterocycles. The van der Waals surface area contributed by atoms with Crippen LogP contribution in [-0.2, 0) is 11.2 Å². The molecular formula is C25H21NO4. The fraction of sp³-hybridized carbons (Fsp3) is 0.160. The number of carbonyl (C=O) groups excluding carboxylic acids is 3. The monoisotopic (exact) mass is 399 g/mol. The summed E-state index contributed by atoms with van der Waals surface area (Å²) in [5.74, 6) is -1.17. The van der Waals surface area contributed by atoms with E-state index in [1.165, 1.54) is 0 Å². The number of rotatable bonds is 5. The SMILES string of the molecule is Cc1cccc(OC(=O)C(Cc2ccccc2)N2C(=O)c3ccccc3C2=O)c1C. The zero-order valence-electron chi connectivity index (χ0n) is 16.8. The number of carbonyl (C=O) groups is 3. The van der Waals surface area contributed by atoms with Gasteiger partial charge in [0.15, 0.2) is 0 Å². The quantitative estimate of drug-likeness (QED) is 0.368. The highest BCUT2D eigenvalue weighted by atomic mass is 16.5. The molecule has 4 rings (SSSR count). The Morgan fingerprint density at radius 2 is 1.43 bits per heavy atom. The Labute approximate surface area is 174 Å². The summed E-state index contributed by atoms with van der Waals surface area (Å²) < 4.78 is 5.68. The Morgan fingerprint density at radius 3 is 2.07 bits per heavy atom. The van der Waals surface area contributed by atoms with Gasteiger partial charge in [-0.3, -0.25) is 14.5 Å². The first-order valence-electron chi connectivity index (χ1n) is 9.76. The predicted octanol–water partition coefficient (Wildman–Crippen LogP) is 4.12. The Bertz CT molecular complexity index is 1100. The first kappa shape index (κ1) is 19.6.